The van der Waals surface area contributed by atoms with Crippen molar-refractivity contribution in [3.63, 3.8) is 0 Å². The fourth-order valence-corrected chi connectivity index (χ4v) is 2.29. The number of hydrogen-bond donors (Lipinski definition) is 0. The van der Waals surface area contributed by atoms with Gasteiger partial charge in [-0.05, 0) is 37.0 Å². The van der Waals surface area contributed by atoms with E-state index in [-0.39, 0.29) is 0 Å². The first-order valence-electron chi connectivity index (χ1n) is 8.69. The molecule has 22 heavy (non-hydrogen) atoms. The van der Waals surface area contributed by atoms with Crippen molar-refractivity contribution in [1.82, 2.24) is 0 Å². The van der Waals surface area contributed by atoms with E-state index in [1.165, 1.54) is 44.1 Å². The molecule has 0 N–H and O–H groups in total. The molecule has 0 heterocycles. The molecule has 124 valence electrons. The molecule has 0 atom stereocenters. The van der Waals surface area contributed by atoms with Gasteiger partial charge in [-0.2, -0.15) is 0 Å². The second-order valence-electron chi connectivity index (χ2n) is 5.72. The van der Waals surface area contributed by atoms with Crippen molar-refractivity contribution in [2.75, 3.05) is 6.61 Å². The van der Waals surface area contributed by atoms with Crippen LogP contribution in [0.2, 0.25) is 0 Å². The van der Waals surface area contributed by atoms with E-state index in [1.807, 2.05) is 24.3 Å². The zero-order chi connectivity index (χ0) is 16.0. The van der Waals surface area contributed by atoms with Crippen molar-refractivity contribution >= 4 is 6.16 Å². The van der Waals surface area contributed by atoms with Gasteiger partial charge in [0, 0.05) is 0 Å². The summed E-state index contributed by atoms with van der Waals surface area (Å²) < 4.78 is 10.2. The van der Waals surface area contributed by atoms with E-state index >= 15 is 0 Å². The Kier molecular flexibility index (Phi) is 10.2. The zero-order valence-electron chi connectivity index (χ0n) is 14.1. The molecule has 1 rings (SSSR count). The molecule has 1 aromatic rings. The van der Waals surface area contributed by atoms with Gasteiger partial charge in [-0.25, -0.2) is 4.79 Å². The van der Waals surface area contributed by atoms with Gasteiger partial charge in [0.15, 0.2) is 0 Å². The highest BCUT2D eigenvalue weighted by Crippen LogP contribution is 2.15. The van der Waals surface area contributed by atoms with Crippen molar-refractivity contribution in [3.8, 4) is 5.75 Å². The highest BCUT2D eigenvalue weighted by molar-refractivity contribution is 5.63. The average molecular weight is 306 g/mol. The van der Waals surface area contributed by atoms with Gasteiger partial charge in [0.2, 0.25) is 0 Å². The number of carbonyl (C=O) groups is 1. The minimum atomic E-state index is -0.603. The number of unbranched alkanes of at least 4 members (excludes halogenated alkanes) is 6. The first kappa shape index (κ1) is 18.5. The molecule has 0 spiro atoms. The van der Waals surface area contributed by atoms with Gasteiger partial charge >= 0.3 is 6.16 Å². The summed E-state index contributed by atoms with van der Waals surface area (Å²) in [5.41, 5.74) is 1.28. The summed E-state index contributed by atoms with van der Waals surface area (Å²) in [4.78, 5) is 11.6. The molecule has 0 saturated carbocycles. The van der Waals surface area contributed by atoms with Gasteiger partial charge in [-0.3, -0.25) is 0 Å². The number of hydrogen-bond acceptors (Lipinski definition) is 3. The van der Waals surface area contributed by atoms with Gasteiger partial charge in [0.25, 0.3) is 0 Å². The maximum atomic E-state index is 11.6. The molecule has 0 unspecified atom stereocenters. The Hall–Kier alpha value is -1.51. The summed E-state index contributed by atoms with van der Waals surface area (Å²) in [6.45, 7) is 4.83. The maximum Gasteiger partial charge on any atom is 0.513 e. The molecular weight excluding hydrogens is 276 g/mol. The van der Waals surface area contributed by atoms with Gasteiger partial charge < -0.3 is 9.47 Å². The Balaban J connectivity index is 2.18. The van der Waals surface area contributed by atoms with Crippen LogP contribution in [0.3, 0.4) is 0 Å². The van der Waals surface area contributed by atoms with E-state index in [0.717, 1.165) is 19.3 Å². The molecule has 0 aliphatic rings. The van der Waals surface area contributed by atoms with E-state index in [2.05, 4.69) is 13.8 Å². The van der Waals surface area contributed by atoms with Crippen molar-refractivity contribution < 1.29 is 14.3 Å². The number of benzene rings is 1. The van der Waals surface area contributed by atoms with Crippen LogP contribution in [-0.2, 0) is 11.2 Å². The quantitative estimate of drug-likeness (QED) is 0.290. The van der Waals surface area contributed by atoms with E-state index in [9.17, 15) is 4.79 Å². The highest BCUT2D eigenvalue weighted by atomic mass is 16.7. The largest absolute Gasteiger partial charge is 0.513 e. The molecule has 0 bridgehead atoms. The van der Waals surface area contributed by atoms with Crippen LogP contribution in [0.15, 0.2) is 24.3 Å². The normalized spacial score (nSPS) is 10.5. The molecule has 3 nitrogen and oxygen atoms in total. The number of ether oxygens (including phenoxy) is 2. The van der Waals surface area contributed by atoms with E-state index in [0.29, 0.717) is 12.4 Å². The van der Waals surface area contributed by atoms with Crippen LogP contribution in [0.1, 0.15) is 70.8 Å². The molecule has 3 heteroatoms. The molecule has 0 aromatic heterocycles. The molecule has 1 aromatic carbocycles. The molecule has 0 aliphatic carbocycles. The second-order valence-corrected chi connectivity index (χ2v) is 5.72. The monoisotopic (exact) mass is 306 g/mol. The van der Waals surface area contributed by atoms with Gasteiger partial charge in [0.1, 0.15) is 5.75 Å². The first-order chi connectivity index (χ1) is 10.8. The van der Waals surface area contributed by atoms with Crippen molar-refractivity contribution in [1.29, 1.82) is 0 Å². The standard InChI is InChI=1S/C19H30O3/c1-3-5-7-8-10-16-21-19(20)22-18-14-12-17(13-15-18)11-9-6-4-2/h12-15H,3-11,16H2,1-2H3. The summed E-state index contributed by atoms with van der Waals surface area (Å²) in [5.74, 6) is 0.551. The van der Waals surface area contributed by atoms with E-state index in [4.69, 9.17) is 9.47 Å². The molecule has 0 fully saturated rings. The Morgan fingerprint density at radius 3 is 2.18 bits per heavy atom. The smallest absolute Gasteiger partial charge is 0.434 e. The Bertz CT molecular complexity index is 398. The number of rotatable bonds is 11. The van der Waals surface area contributed by atoms with Crippen molar-refractivity contribution in [3.05, 3.63) is 29.8 Å². The zero-order valence-corrected chi connectivity index (χ0v) is 14.1. The Morgan fingerprint density at radius 2 is 1.50 bits per heavy atom. The fourth-order valence-electron chi connectivity index (χ4n) is 2.29. The van der Waals surface area contributed by atoms with Crippen molar-refractivity contribution in [2.24, 2.45) is 0 Å². The van der Waals surface area contributed by atoms with Crippen LogP contribution in [0.4, 0.5) is 4.79 Å². The molecule has 0 aliphatic heterocycles. The lowest BCUT2D eigenvalue weighted by Gasteiger charge is -2.07. The summed E-state index contributed by atoms with van der Waals surface area (Å²) in [7, 11) is 0. The lowest BCUT2D eigenvalue weighted by Crippen LogP contribution is -2.11. The number of aryl methyl sites for hydroxylation is 1. The minimum Gasteiger partial charge on any atom is -0.434 e. The minimum absolute atomic E-state index is 0.442. The summed E-state index contributed by atoms with van der Waals surface area (Å²) in [6.07, 6.45) is 9.84. The van der Waals surface area contributed by atoms with E-state index < -0.39 is 6.16 Å². The topological polar surface area (TPSA) is 35.5 Å². The molecule has 0 amide bonds. The predicted octanol–water partition coefficient (Wildman–Crippen LogP) is 5.91. The SMILES string of the molecule is CCCCCCCOC(=O)Oc1ccc(CCCCC)cc1. The maximum absolute atomic E-state index is 11.6. The highest BCUT2D eigenvalue weighted by Gasteiger charge is 2.05. The summed E-state index contributed by atoms with van der Waals surface area (Å²) in [5, 5.41) is 0. The lowest BCUT2D eigenvalue weighted by atomic mass is 10.1. The van der Waals surface area contributed by atoms with Crippen LogP contribution in [0.5, 0.6) is 5.75 Å². The van der Waals surface area contributed by atoms with Crippen LogP contribution in [-0.4, -0.2) is 12.8 Å². The van der Waals surface area contributed by atoms with Crippen LogP contribution in [0, 0.1) is 0 Å². The van der Waals surface area contributed by atoms with Crippen LogP contribution in [0.25, 0.3) is 0 Å². The Morgan fingerprint density at radius 1 is 0.864 bits per heavy atom. The van der Waals surface area contributed by atoms with E-state index in [1.54, 1.807) is 0 Å². The predicted molar refractivity (Wildman–Crippen MR) is 90.4 cm³/mol. The summed E-state index contributed by atoms with van der Waals surface area (Å²) >= 11 is 0. The second kappa shape index (κ2) is 12.1. The fraction of sp³-hybridized carbons (Fsp3) is 0.632. The van der Waals surface area contributed by atoms with Crippen molar-refractivity contribution in [2.45, 2.75) is 71.6 Å². The lowest BCUT2D eigenvalue weighted by molar-refractivity contribution is 0.0973. The first-order valence-corrected chi connectivity index (χ1v) is 8.69. The molecular formula is C19H30O3. The molecule has 0 saturated heterocycles. The third-order valence-electron chi connectivity index (χ3n) is 3.66. The van der Waals surface area contributed by atoms with Crippen LogP contribution >= 0.6 is 0 Å². The molecule has 0 radical (unpaired) electrons. The third kappa shape index (κ3) is 8.71. The Labute approximate surface area is 135 Å². The van der Waals surface area contributed by atoms with Gasteiger partial charge in [0.05, 0.1) is 6.61 Å². The van der Waals surface area contributed by atoms with Crippen LogP contribution < -0.4 is 4.74 Å². The third-order valence-corrected chi connectivity index (χ3v) is 3.66. The van der Waals surface area contributed by atoms with Gasteiger partial charge in [-0.1, -0.05) is 64.5 Å². The summed E-state index contributed by atoms with van der Waals surface area (Å²) in [6, 6.07) is 7.71. The van der Waals surface area contributed by atoms with Gasteiger partial charge in [-0.15, -0.1) is 0 Å². The average Bonchev–Trinajstić information content (AvgIpc) is 2.53. The number of carbonyl (C=O) groups excluding carboxylic acids is 1.